The van der Waals surface area contributed by atoms with Crippen LogP contribution in [0.25, 0.3) is 10.9 Å². The molecule has 0 aliphatic heterocycles. The number of carbonyl (C=O) groups is 1. The highest BCUT2D eigenvalue weighted by atomic mass is 28.3. The minimum Gasteiger partial charge on any atom is -0.370 e. The number of aromatic nitrogens is 1. The molecule has 0 bridgehead atoms. The highest BCUT2D eigenvalue weighted by Crippen LogP contribution is 2.47. The number of hydrogen-bond donors (Lipinski definition) is 1. The van der Waals surface area contributed by atoms with E-state index in [0.717, 1.165) is 30.5 Å². The average molecular weight is 475 g/mol. The number of rotatable bonds is 8. The fourth-order valence-electron chi connectivity index (χ4n) is 7.14. The number of ketones is 1. The van der Waals surface area contributed by atoms with E-state index < -0.39 is 8.24 Å². The zero-order chi connectivity index (χ0) is 24.6. The van der Waals surface area contributed by atoms with Gasteiger partial charge >= 0.3 is 0 Å². The summed E-state index contributed by atoms with van der Waals surface area (Å²) in [4.78, 5) is 13.3. The summed E-state index contributed by atoms with van der Waals surface area (Å²) in [7, 11) is -1.93. The molecule has 3 nitrogen and oxygen atoms in total. The third kappa shape index (κ3) is 3.99. The first kappa shape index (κ1) is 24.9. The Morgan fingerprint density at radius 2 is 1.62 bits per heavy atom. The van der Waals surface area contributed by atoms with Crippen LogP contribution >= 0.6 is 0 Å². The summed E-state index contributed by atoms with van der Waals surface area (Å²) in [6, 6.07) is 16.7. The van der Waals surface area contributed by atoms with Gasteiger partial charge in [-0.05, 0) is 66.2 Å². The monoisotopic (exact) mass is 474 g/mol. The third-order valence-electron chi connectivity index (χ3n) is 8.31. The molecule has 1 aliphatic carbocycles. The maximum absolute atomic E-state index is 13.3. The van der Waals surface area contributed by atoms with Crippen molar-refractivity contribution >= 4 is 24.9 Å². The van der Waals surface area contributed by atoms with E-state index in [-0.39, 0.29) is 5.78 Å². The number of benzene rings is 2. The predicted molar refractivity (Wildman–Crippen MR) is 148 cm³/mol. The molecule has 1 N–H and O–H groups in total. The number of hydrogen-bond acceptors (Lipinski definition) is 2. The van der Waals surface area contributed by atoms with E-state index >= 15 is 0 Å². The van der Waals surface area contributed by atoms with Gasteiger partial charge in [-0.3, -0.25) is 4.79 Å². The molecular weight excluding hydrogens is 432 g/mol. The van der Waals surface area contributed by atoms with Gasteiger partial charge in [-0.25, -0.2) is 0 Å². The summed E-state index contributed by atoms with van der Waals surface area (Å²) in [5, 5.41) is 5.01. The van der Waals surface area contributed by atoms with Crippen LogP contribution < -0.4 is 5.32 Å². The van der Waals surface area contributed by atoms with Crippen molar-refractivity contribution < 1.29 is 4.79 Å². The van der Waals surface area contributed by atoms with Gasteiger partial charge in [-0.2, -0.15) is 0 Å². The van der Waals surface area contributed by atoms with Gasteiger partial charge in [0.1, 0.15) is 0 Å². The predicted octanol–water partition coefficient (Wildman–Crippen LogP) is 7.36. The maximum atomic E-state index is 13.3. The maximum Gasteiger partial charge on any atom is 0.193 e. The van der Waals surface area contributed by atoms with Crippen LogP contribution in [0.1, 0.15) is 82.1 Å². The Hall–Kier alpha value is -2.17. The van der Waals surface area contributed by atoms with Crippen LogP contribution in [0.2, 0.25) is 16.6 Å². The van der Waals surface area contributed by atoms with Crippen molar-refractivity contribution in [2.24, 2.45) is 0 Å². The molecule has 4 rings (SSSR count). The topological polar surface area (TPSA) is 34.0 Å². The van der Waals surface area contributed by atoms with Crippen molar-refractivity contribution in [3.8, 4) is 0 Å². The Labute approximate surface area is 207 Å². The summed E-state index contributed by atoms with van der Waals surface area (Å²) in [5.41, 5.74) is 7.84. The highest BCUT2D eigenvalue weighted by Gasteiger charge is 2.48. The molecule has 0 fully saturated rings. The number of fused-ring (bicyclic) bond motifs is 3. The molecule has 1 unspecified atom stereocenters. The second-order valence-electron chi connectivity index (χ2n) is 11.0. The normalized spacial score (nSPS) is 16.6. The molecule has 34 heavy (non-hydrogen) atoms. The standard InChI is InChI=1S/C30H42N2OSi/c1-8-31-25-15-17-29-27(19-25)26-18-24(30(33)23-12-10-9-11-13-23)14-16-28(26)32(29)34(20(2)3,21(4)5)22(6)7/h9-14,16,18,20-22,25,31H,8,15,17,19H2,1-7H3. The SMILES string of the molecule is CCNC1CCc2c(c3cc(C(=O)c4ccccc4)ccc3n2[Si](C(C)C)(C(C)C)C(C)C)C1. The van der Waals surface area contributed by atoms with Crippen molar-refractivity contribution in [1.29, 1.82) is 0 Å². The fourth-order valence-corrected chi connectivity index (χ4v) is 14.0. The quantitative estimate of drug-likeness (QED) is 0.273. The minimum atomic E-state index is -1.93. The van der Waals surface area contributed by atoms with E-state index in [2.05, 4.69) is 76.2 Å². The summed E-state index contributed by atoms with van der Waals surface area (Å²) in [6.07, 6.45) is 3.35. The molecule has 1 aliphatic rings. The molecule has 0 radical (unpaired) electrons. The molecule has 0 amide bonds. The Morgan fingerprint density at radius 3 is 2.21 bits per heavy atom. The largest absolute Gasteiger partial charge is 0.370 e. The van der Waals surface area contributed by atoms with Crippen LogP contribution in [0.4, 0.5) is 0 Å². The van der Waals surface area contributed by atoms with E-state index in [1.807, 2.05) is 30.3 Å². The lowest BCUT2D eigenvalue weighted by molar-refractivity contribution is 0.103. The Balaban J connectivity index is 1.98. The average Bonchev–Trinajstić information content (AvgIpc) is 3.12. The second kappa shape index (κ2) is 9.83. The first-order valence-electron chi connectivity index (χ1n) is 13.2. The van der Waals surface area contributed by atoms with Gasteiger partial charge in [0.15, 0.2) is 14.0 Å². The molecule has 4 heteroatoms. The summed E-state index contributed by atoms with van der Waals surface area (Å²) >= 11 is 0. The zero-order valence-corrected chi connectivity index (χ0v) is 23.1. The van der Waals surface area contributed by atoms with Gasteiger partial charge in [0.2, 0.25) is 0 Å². The number of nitrogens with zero attached hydrogens (tertiary/aromatic N) is 1. The van der Waals surface area contributed by atoms with Crippen LogP contribution in [0.5, 0.6) is 0 Å². The van der Waals surface area contributed by atoms with Crippen molar-refractivity contribution in [2.75, 3.05) is 6.54 Å². The summed E-state index contributed by atoms with van der Waals surface area (Å²) < 4.78 is 2.86. The van der Waals surface area contributed by atoms with Gasteiger partial charge in [0, 0.05) is 33.8 Å². The van der Waals surface area contributed by atoms with Crippen LogP contribution in [0.3, 0.4) is 0 Å². The highest BCUT2D eigenvalue weighted by molar-refractivity contribution is 6.82. The number of carbonyl (C=O) groups excluding carboxylic acids is 1. The van der Waals surface area contributed by atoms with E-state index in [1.54, 1.807) is 5.69 Å². The molecule has 1 aromatic heterocycles. The molecule has 182 valence electrons. The molecule has 1 heterocycles. The molecule has 0 saturated heterocycles. The first-order chi connectivity index (χ1) is 16.2. The van der Waals surface area contributed by atoms with Crippen LogP contribution in [-0.4, -0.2) is 30.8 Å². The minimum absolute atomic E-state index is 0.114. The van der Waals surface area contributed by atoms with Crippen molar-refractivity contribution in [1.82, 2.24) is 9.55 Å². The van der Waals surface area contributed by atoms with Crippen molar-refractivity contribution in [3.63, 3.8) is 0 Å². The molecule has 3 aromatic rings. The molecule has 0 spiro atoms. The fraction of sp³-hybridized carbons (Fsp3) is 0.500. The molecule has 1 atom stereocenters. The van der Waals surface area contributed by atoms with Crippen molar-refractivity contribution in [2.45, 2.75) is 90.4 Å². The van der Waals surface area contributed by atoms with Gasteiger partial charge in [0.05, 0.1) is 0 Å². The van der Waals surface area contributed by atoms with Crippen LogP contribution in [0.15, 0.2) is 48.5 Å². The summed E-state index contributed by atoms with van der Waals surface area (Å²) in [6.45, 7) is 17.9. The zero-order valence-electron chi connectivity index (χ0n) is 22.1. The van der Waals surface area contributed by atoms with E-state index in [0.29, 0.717) is 22.7 Å². The van der Waals surface area contributed by atoms with E-state index in [4.69, 9.17) is 0 Å². The van der Waals surface area contributed by atoms with Crippen LogP contribution in [0, 0.1) is 0 Å². The lowest BCUT2D eigenvalue weighted by Gasteiger charge is -2.46. The van der Waals surface area contributed by atoms with Gasteiger partial charge in [-0.15, -0.1) is 0 Å². The number of likely N-dealkylation sites (N-methyl/N-ethyl adjacent to an activating group) is 1. The molecular formula is C30H42N2OSi. The third-order valence-corrected chi connectivity index (χ3v) is 15.1. The van der Waals surface area contributed by atoms with Gasteiger partial charge in [-0.1, -0.05) is 78.8 Å². The van der Waals surface area contributed by atoms with Crippen LogP contribution in [-0.2, 0) is 12.8 Å². The smallest absolute Gasteiger partial charge is 0.193 e. The Morgan fingerprint density at radius 1 is 0.971 bits per heavy atom. The lowest BCUT2D eigenvalue weighted by atomic mass is 9.90. The Bertz CT molecular complexity index is 1140. The van der Waals surface area contributed by atoms with E-state index in [9.17, 15) is 4.79 Å². The summed E-state index contributed by atoms with van der Waals surface area (Å²) in [5.74, 6) is 0.114. The van der Waals surface area contributed by atoms with E-state index in [1.165, 1.54) is 22.9 Å². The van der Waals surface area contributed by atoms with Gasteiger partial charge < -0.3 is 9.55 Å². The lowest BCUT2D eigenvalue weighted by Crippen LogP contribution is -2.53. The van der Waals surface area contributed by atoms with Gasteiger partial charge in [0.25, 0.3) is 0 Å². The Kier molecular flexibility index (Phi) is 7.21. The first-order valence-corrected chi connectivity index (χ1v) is 15.4. The second-order valence-corrected chi connectivity index (χ2v) is 16.7. The molecule has 2 aromatic carbocycles. The molecule has 0 saturated carbocycles. The number of nitrogens with one attached hydrogen (secondary N) is 1. The van der Waals surface area contributed by atoms with Crippen molar-refractivity contribution in [3.05, 3.63) is 70.9 Å².